The van der Waals surface area contributed by atoms with Gasteiger partial charge in [-0.15, -0.1) is 0 Å². The number of carbonyl (C=O) groups is 1. The number of halogens is 4. The third-order valence-corrected chi connectivity index (χ3v) is 8.72. The van der Waals surface area contributed by atoms with E-state index >= 15 is 0 Å². The Morgan fingerprint density at radius 3 is 2.62 bits per heavy atom. The van der Waals surface area contributed by atoms with E-state index in [1.807, 2.05) is 54.3 Å². The summed E-state index contributed by atoms with van der Waals surface area (Å²) in [6.07, 6.45) is -3.15. The molecule has 4 heterocycles. The molecule has 1 amide bonds. The highest BCUT2D eigenvalue weighted by atomic mass is 35.5. The molecule has 244 valence electrons. The number of anilines is 2. The van der Waals surface area contributed by atoms with Crippen LogP contribution in [0.25, 0.3) is 0 Å². The average molecular weight is 671 g/mol. The van der Waals surface area contributed by atoms with Crippen molar-refractivity contribution in [2.45, 2.75) is 71.6 Å². The SMILES string of the molecule is CCN1C(O)c2cc(C)cc([C@@H](C)Nc3ccc(Cl)nc3C(=O)NS(C)(=O)=O)c2NC1(C)N1Cc2cn(CC(F)(F)F)nc2C1. The highest BCUT2D eigenvalue weighted by Crippen LogP contribution is 2.45. The quantitative estimate of drug-likeness (QED) is 0.259. The molecule has 0 fully saturated rings. The van der Waals surface area contributed by atoms with Crippen molar-refractivity contribution in [3.8, 4) is 0 Å². The number of aliphatic hydroxyl groups excluding tert-OH is 1. The first-order valence-electron chi connectivity index (χ1n) is 14.1. The fraction of sp³-hybridized carbons (Fsp3) is 0.464. The molecule has 2 aliphatic rings. The number of aryl methyl sites for hydroxylation is 1. The maximum atomic E-state index is 13.0. The number of fused-ring (bicyclic) bond motifs is 2. The van der Waals surface area contributed by atoms with Crippen LogP contribution >= 0.6 is 11.6 Å². The number of nitrogens with one attached hydrogen (secondary N) is 3. The summed E-state index contributed by atoms with van der Waals surface area (Å²) >= 11 is 6.03. The Kier molecular flexibility index (Phi) is 8.59. The number of hydrogen-bond acceptors (Lipinski definition) is 10. The van der Waals surface area contributed by atoms with Crippen LogP contribution in [-0.2, 0) is 29.7 Å². The lowest BCUT2D eigenvalue weighted by atomic mass is 9.93. The highest BCUT2D eigenvalue weighted by Gasteiger charge is 2.48. The summed E-state index contributed by atoms with van der Waals surface area (Å²) in [6.45, 7) is 7.37. The minimum atomic E-state index is -4.39. The first-order valence-corrected chi connectivity index (χ1v) is 16.3. The van der Waals surface area contributed by atoms with Crippen molar-refractivity contribution in [2.24, 2.45) is 0 Å². The predicted molar refractivity (Wildman–Crippen MR) is 162 cm³/mol. The van der Waals surface area contributed by atoms with Crippen molar-refractivity contribution in [1.82, 2.24) is 29.3 Å². The van der Waals surface area contributed by atoms with Crippen molar-refractivity contribution in [3.05, 3.63) is 69.3 Å². The van der Waals surface area contributed by atoms with Crippen LogP contribution in [0.1, 0.15) is 71.5 Å². The maximum Gasteiger partial charge on any atom is 0.408 e. The summed E-state index contributed by atoms with van der Waals surface area (Å²) in [5.41, 5.74) is 4.09. The molecule has 3 atom stereocenters. The molecule has 3 aromatic rings. The molecule has 0 radical (unpaired) electrons. The lowest BCUT2D eigenvalue weighted by Gasteiger charge is -2.53. The van der Waals surface area contributed by atoms with E-state index in [0.717, 1.165) is 22.1 Å². The van der Waals surface area contributed by atoms with Crippen LogP contribution in [0.4, 0.5) is 24.5 Å². The fourth-order valence-corrected chi connectivity index (χ4v) is 6.61. The zero-order valence-corrected chi connectivity index (χ0v) is 26.8. The van der Waals surface area contributed by atoms with Crippen LogP contribution in [0.3, 0.4) is 0 Å². The Hall–Kier alpha value is -3.44. The molecular weight excluding hydrogens is 637 g/mol. The molecule has 45 heavy (non-hydrogen) atoms. The van der Waals surface area contributed by atoms with Crippen molar-refractivity contribution in [3.63, 3.8) is 0 Å². The third-order valence-electron chi connectivity index (χ3n) is 7.96. The molecule has 5 rings (SSSR count). The van der Waals surface area contributed by atoms with E-state index in [4.69, 9.17) is 11.6 Å². The summed E-state index contributed by atoms with van der Waals surface area (Å²) in [6, 6.07) is 6.30. The smallest absolute Gasteiger partial charge is 0.377 e. The number of sulfonamides is 1. The number of pyridine rings is 1. The standard InChI is InChI=1S/C28H34ClF3N8O4S/c1-6-40-26(42)19-10-15(2)9-18(16(3)33-20-7-8-22(29)34-24(20)25(41)37-45(5,43)44)23(19)35-27(40,4)38-11-17-12-39(14-28(30,31)32)36-21(17)13-38/h7-10,12,16,26,33,35,42H,6,11,13-14H2,1-5H3,(H,37,41)/t16-,26?,27?/m1/s1. The van der Waals surface area contributed by atoms with Gasteiger partial charge in [0.2, 0.25) is 10.0 Å². The lowest BCUT2D eigenvalue weighted by molar-refractivity contribution is -0.143. The highest BCUT2D eigenvalue weighted by molar-refractivity contribution is 7.89. The van der Waals surface area contributed by atoms with Gasteiger partial charge in [-0.05, 0) is 38.5 Å². The van der Waals surface area contributed by atoms with Gasteiger partial charge in [0.1, 0.15) is 23.7 Å². The molecule has 0 bridgehead atoms. The Morgan fingerprint density at radius 1 is 1.29 bits per heavy atom. The van der Waals surface area contributed by atoms with E-state index < -0.39 is 46.7 Å². The number of benzene rings is 1. The third kappa shape index (κ3) is 6.74. The second-order valence-electron chi connectivity index (χ2n) is 11.5. The van der Waals surface area contributed by atoms with Crippen LogP contribution in [0, 0.1) is 6.92 Å². The van der Waals surface area contributed by atoms with Gasteiger partial charge in [0.25, 0.3) is 5.91 Å². The largest absolute Gasteiger partial charge is 0.408 e. The van der Waals surface area contributed by atoms with Gasteiger partial charge in [-0.1, -0.05) is 36.2 Å². The fourth-order valence-electron chi connectivity index (χ4n) is 6.02. The number of aliphatic hydroxyl groups is 1. The van der Waals surface area contributed by atoms with Gasteiger partial charge in [-0.25, -0.2) is 23.0 Å². The molecule has 0 saturated heterocycles. The summed E-state index contributed by atoms with van der Waals surface area (Å²) in [7, 11) is -3.87. The molecule has 2 aromatic heterocycles. The molecule has 12 nitrogen and oxygen atoms in total. The van der Waals surface area contributed by atoms with Gasteiger partial charge in [-0.2, -0.15) is 18.3 Å². The zero-order valence-electron chi connectivity index (χ0n) is 25.2. The van der Waals surface area contributed by atoms with Crippen LogP contribution in [0.15, 0.2) is 30.5 Å². The number of carbonyl (C=O) groups excluding carboxylic acids is 1. The second-order valence-corrected chi connectivity index (χ2v) is 13.6. The molecule has 0 spiro atoms. The van der Waals surface area contributed by atoms with Crippen LogP contribution in [-0.4, -0.2) is 68.8 Å². The second kappa shape index (κ2) is 11.7. The van der Waals surface area contributed by atoms with E-state index in [1.165, 1.54) is 18.3 Å². The van der Waals surface area contributed by atoms with E-state index in [1.54, 1.807) is 0 Å². The van der Waals surface area contributed by atoms with E-state index in [0.29, 0.717) is 35.6 Å². The van der Waals surface area contributed by atoms with Gasteiger partial charge in [0.15, 0.2) is 5.69 Å². The van der Waals surface area contributed by atoms with Crippen LogP contribution < -0.4 is 15.4 Å². The predicted octanol–water partition coefficient (Wildman–Crippen LogP) is 4.09. The van der Waals surface area contributed by atoms with Crippen molar-refractivity contribution in [2.75, 3.05) is 23.4 Å². The summed E-state index contributed by atoms with van der Waals surface area (Å²) in [5.74, 6) is -1.93. The summed E-state index contributed by atoms with van der Waals surface area (Å²) in [5, 5.41) is 22.7. The Bertz CT molecular complexity index is 1730. The van der Waals surface area contributed by atoms with E-state index in [2.05, 4.69) is 20.7 Å². The van der Waals surface area contributed by atoms with Gasteiger partial charge >= 0.3 is 6.18 Å². The molecular formula is C28H34ClF3N8O4S. The number of rotatable bonds is 8. The molecule has 2 unspecified atom stereocenters. The zero-order chi connectivity index (χ0) is 33.1. The average Bonchev–Trinajstić information content (AvgIpc) is 3.47. The molecule has 0 saturated carbocycles. The number of aromatic nitrogens is 3. The molecule has 4 N–H and O–H groups in total. The van der Waals surface area contributed by atoms with E-state index in [9.17, 15) is 31.5 Å². The Morgan fingerprint density at radius 2 is 2.00 bits per heavy atom. The van der Waals surface area contributed by atoms with Gasteiger partial charge in [-0.3, -0.25) is 14.4 Å². The number of hydrogen-bond donors (Lipinski definition) is 4. The van der Waals surface area contributed by atoms with Crippen molar-refractivity contribution in [1.29, 1.82) is 0 Å². The van der Waals surface area contributed by atoms with Gasteiger partial charge in [0, 0.05) is 42.6 Å². The van der Waals surface area contributed by atoms with Crippen LogP contribution in [0.2, 0.25) is 5.15 Å². The molecule has 2 aliphatic heterocycles. The summed E-state index contributed by atoms with van der Waals surface area (Å²) < 4.78 is 65.1. The maximum absolute atomic E-state index is 13.0. The minimum Gasteiger partial charge on any atom is -0.377 e. The number of nitrogens with zero attached hydrogens (tertiary/aromatic N) is 5. The first-order chi connectivity index (χ1) is 20.9. The first kappa shape index (κ1) is 32.9. The molecule has 0 aliphatic carbocycles. The van der Waals surface area contributed by atoms with Gasteiger partial charge < -0.3 is 15.7 Å². The summed E-state index contributed by atoms with van der Waals surface area (Å²) in [4.78, 5) is 20.7. The van der Waals surface area contributed by atoms with Crippen molar-refractivity contribution < 1.29 is 31.5 Å². The lowest BCUT2D eigenvalue weighted by Crippen LogP contribution is -2.65. The molecule has 17 heteroatoms. The number of alkyl halides is 3. The van der Waals surface area contributed by atoms with Crippen molar-refractivity contribution >= 4 is 38.9 Å². The normalized spacial score (nSPS) is 21.2. The minimum absolute atomic E-state index is 0.00312. The molecule has 1 aromatic carbocycles. The van der Waals surface area contributed by atoms with Gasteiger partial charge in [0.05, 0.1) is 23.7 Å². The monoisotopic (exact) mass is 670 g/mol. The Balaban J connectivity index is 1.48. The topological polar surface area (TPSA) is 145 Å². The Labute approximate surface area is 263 Å². The number of amides is 1. The van der Waals surface area contributed by atoms with Crippen LogP contribution in [0.5, 0.6) is 0 Å². The van der Waals surface area contributed by atoms with E-state index in [-0.39, 0.29) is 23.1 Å².